The number of benzene rings is 1. The van der Waals surface area contributed by atoms with Crippen molar-refractivity contribution in [3.05, 3.63) is 52.2 Å². The van der Waals surface area contributed by atoms with Gasteiger partial charge in [0.2, 0.25) is 0 Å². The average molecular weight is 366 g/mol. The summed E-state index contributed by atoms with van der Waals surface area (Å²) in [7, 11) is 0. The number of carbonyl (C=O) groups excluding carboxylic acids is 2. The van der Waals surface area contributed by atoms with E-state index in [1.54, 1.807) is 21.9 Å². The predicted molar refractivity (Wildman–Crippen MR) is 89.2 cm³/mol. The number of rotatable bonds is 4. The summed E-state index contributed by atoms with van der Waals surface area (Å²) in [5, 5.41) is 1.84. The molecule has 1 fully saturated rings. The molecule has 0 atom stereocenters. The molecule has 5 nitrogen and oxygen atoms in total. The minimum absolute atomic E-state index is 0.0523. The van der Waals surface area contributed by atoms with Crippen LogP contribution in [0.1, 0.15) is 20.0 Å². The van der Waals surface area contributed by atoms with Gasteiger partial charge in [-0.25, -0.2) is 0 Å². The number of ether oxygens (including phenoxy) is 1. The first-order valence-electron chi connectivity index (χ1n) is 7.72. The molecule has 1 saturated heterocycles. The van der Waals surface area contributed by atoms with Crippen LogP contribution in [0.3, 0.4) is 0 Å². The Hall–Kier alpha value is -2.48. The normalized spacial score (nSPS) is 14.7. The van der Waals surface area contributed by atoms with E-state index in [0.29, 0.717) is 31.1 Å². The zero-order chi connectivity index (χ0) is 17.8. The lowest BCUT2D eigenvalue weighted by molar-refractivity contribution is -0.0503. The number of amides is 2. The van der Waals surface area contributed by atoms with Crippen LogP contribution >= 0.6 is 11.3 Å². The fraction of sp³-hybridized carbons (Fsp3) is 0.294. The van der Waals surface area contributed by atoms with Gasteiger partial charge in [0.05, 0.1) is 10.4 Å². The molecule has 132 valence electrons. The third-order valence-corrected chi connectivity index (χ3v) is 4.78. The van der Waals surface area contributed by atoms with E-state index < -0.39 is 6.61 Å². The van der Waals surface area contributed by atoms with Gasteiger partial charge in [0.25, 0.3) is 11.8 Å². The Labute approximate surface area is 147 Å². The number of piperazine rings is 1. The first-order chi connectivity index (χ1) is 12.1. The van der Waals surface area contributed by atoms with E-state index in [9.17, 15) is 18.4 Å². The highest BCUT2D eigenvalue weighted by molar-refractivity contribution is 7.12. The maximum absolute atomic E-state index is 12.6. The van der Waals surface area contributed by atoms with E-state index in [4.69, 9.17) is 0 Å². The second-order valence-corrected chi connectivity index (χ2v) is 6.38. The summed E-state index contributed by atoms with van der Waals surface area (Å²) in [5.41, 5.74) is 0.0980. The van der Waals surface area contributed by atoms with Crippen molar-refractivity contribution in [2.24, 2.45) is 0 Å². The molecular weight excluding hydrogens is 350 g/mol. The molecule has 0 spiro atoms. The minimum atomic E-state index is -2.99. The maximum Gasteiger partial charge on any atom is 0.387 e. The lowest BCUT2D eigenvalue weighted by Gasteiger charge is -2.34. The van der Waals surface area contributed by atoms with Crippen LogP contribution in [-0.4, -0.2) is 54.4 Å². The minimum Gasteiger partial charge on any atom is -0.434 e. The Kier molecular flexibility index (Phi) is 5.28. The first-order valence-corrected chi connectivity index (χ1v) is 8.60. The summed E-state index contributed by atoms with van der Waals surface area (Å²) < 4.78 is 29.4. The quantitative estimate of drug-likeness (QED) is 0.836. The van der Waals surface area contributed by atoms with Crippen molar-refractivity contribution in [3.63, 3.8) is 0 Å². The van der Waals surface area contributed by atoms with Crippen LogP contribution in [0, 0.1) is 0 Å². The molecule has 0 saturated carbocycles. The Morgan fingerprint density at radius 1 is 0.960 bits per heavy atom. The largest absolute Gasteiger partial charge is 0.434 e. The second-order valence-electron chi connectivity index (χ2n) is 5.44. The molecule has 2 amide bonds. The Balaban J connectivity index is 1.65. The summed E-state index contributed by atoms with van der Waals surface area (Å²) in [6, 6.07) is 9.52. The van der Waals surface area contributed by atoms with Crippen LogP contribution in [0.5, 0.6) is 5.75 Å². The van der Waals surface area contributed by atoms with Gasteiger partial charge in [0, 0.05) is 26.2 Å². The topological polar surface area (TPSA) is 49.9 Å². The average Bonchev–Trinajstić information content (AvgIpc) is 3.15. The number of thiophene rings is 1. The van der Waals surface area contributed by atoms with Crippen molar-refractivity contribution < 1.29 is 23.1 Å². The van der Waals surface area contributed by atoms with E-state index in [2.05, 4.69) is 4.74 Å². The SMILES string of the molecule is O=C(c1cccs1)N1CCN(C(=O)c2ccccc2OC(F)F)CC1. The molecule has 1 aromatic heterocycles. The molecule has 25 heavy (non-hydrogen) atoms. The van der Waals surface area contributed by atoms with E-state index in [1.165, 1.54) is 29.5 Å². The summed E-state index contributed by atoms with van der Waals surface area (Å²) >= 11 is 1.38. The van der Waals surface area contributed by atoms with Crippen LogP contribution in [0.2, 0.25) is 0 Å². The third-order valence-electron chi connectivity index (χ3n) is 3.92. The highest BCUT2D eigenvalue weighted by Gasteiger charge is 2.27. The fourth-order valence-corrected chi connectivity index (χ4v) is 3.37. The summed E-state index contributed by atoms with van der Waals surface area (Å²) in [5.74, 6) is -0.567. The van der Waals surface area contributed by atoms with Crippen molar-refractivity contribution in [2.75, 3.05) is 26.2 Å². The molecule has 1 aliphatic heterocycles. The van der Waals surface area contributed by atoms with Crippen molar-refractivity contribution in [1.82, 2.24) is 9.80 Å². The Morgan fingerprint density at radius 2 is 1.60 bits per heavy atom. The van der Waals surface area contributed by atoms with Crippen LogP contribution in [-0.2, 0) is 0 Å². The number of alkyl halides is 2. The van der Waals surface area contributed by atoms with Crippen molar-refractivity contribution in [1.29, 1.82) is 0 Å². The third kappa shape index (κ3) is 3.96. The molecule has 2 heterocycles. The van der Waals surface area contributed by atoms with Gasteiger partial charge in [-0.05, 0) is 23.6 Å². The Bertz CT molecular complexity index is 744. The second kappa shape index (κ2) is 7.60. The van der Waals surface area contributed by atoms with Crippen LogP contribution in [0.25, 0.3) is 0 Å². The van der Waals surface area contributed by atoms with Crippen LogP contribution in [0.4, 0.5) is 8.78 Å². The molecule has 0 radical (unpaired) electrons. The molecule has 0 bridgehead atoms. The number of halogens is 2. The molecule has 0 aliphatic carbocycles. The number of nitrogens with zero attached hydrogens (tertiary/aromatic N) is 2. The van der Waals surface area contributed by atoms with E-state index in [0.717, 1.165) is 0 Å². The lowest BCUT2D eigenvalue weighted by Crippen LogP contribution is -2.50. The molecule has 2 aromatic rings. The summed E-state index contributed by atoms with van der Waals surface area (Å²) in [6.07, 6.45) is 0. The predicted octanol–water partition coefficient (Wildman–Crippen LogP) is 2.95. The molecule has 1 aromatic carbocycles. The number of para-hydroxylation sites is 1. The van der Waals surface area contributed by atoms with Gasteiger partial charge in [0.15, 0.2) is 0 Å². The molecule has 0 N–H and O–H groups in total. The van der Waals surface area contributed by atoms with E-state index in [1.807, 2.05) is 11.4 Å². The zero-order valence-electron chi connectivity index (χ0n) is 13.2. The van der Waals surface area contributed by atoms with Gasteiger partial charge in [-0.1, -0.05) is 18.2 Å². The van der Waals surface area contributed by atoms with Gasteiger partial charge in [-0.15, -0.1) is 11.3 Å². The smallest absolute Gasteiger partial charge is 0.387 e. The fourth-order valence-electron chi connectivity index (χ4n) is 2.68. The highest BCUT2D eigenvalue weighted by atomic mass is 32.1. The Morgan fingerprint density at radius 3 is 2.20 bits per heavy atom. The number of hydrogen-bond donors (Lipinski definition) is 0. The lowest BCUT2D eigenvalue weighted by atomic mass is 10.1. The first kappa shape index (κ1) is 17.3. The van der Waals surface area contributed by atoms with Gasteiger partial charge in [0.1, 0.15) is 5.75 Å². The van der Waals surface area contributed by atoms with Gasteiger partial charge in [-0.2, -0.15) is 8.78 Å². The maximum atomic E-state index is 12.6. The molecule has 3 rings (SSSR count). The monoisotopic (exact) mass is 366 g/mol. The van der Waals surface area contributed by atoms with E-state index in [-0.39, 0.29) is 23.1 Å². The molecule has 0 unspecified atom stereocenters. The number of carbonyl (C=O) groups is 2. The van der Waals surface area contributed by atoms with Crippen LogP contribution < -0.4 is 4.74 Å². The molecular formula is C17H16F2N2O3S. The van der Waals surface area contributed by atoms with Crippen molar-refractivity contribution in [2.45, 2.75) is 6.61 Å². The summed E-state index contributed by atoms with van der Waals surface area (Å²) in [6.45, 7) is -1.49. The summed E-state index contributed by atoms with van der Waals surface area (Å²) in [4.78, 5) is 28.8. The number of hydrogen-bond acceptors (Lipinski definition) is 4. The highest BCUT2D eigenvalue weighted by Crippen LogP contribution is 2.23. The standard InChI is InChI=1S/C17H16F2N2O3S/c18-17(19)24-13-5-2-1-4-12(13)15(22)20-7-9-21(10-8-20)16(23)14-6-3-11-25-14/h1-6,11,17H,7-10H2. The zero-order valence-corrected chi connectivity index (χ0v) is 14.0. The molecule has 1 aliphatic rings. The molecule has 8 heteroatoms. The van der Waals surface area contributed by atoms with Crippen molar-refractivity contribution in [3.8, 4) is 5.75 Å². The van der Waals surface area contributed by atoms with Gasteiger partial charge in [-0.3, -0.25) is 9.59 Å². The van der Waals surface area contributed by atoms with E-state index >= 15 is 0 Å². The van der Waals surface area contributed by atoms with Gasteiger partial charge < -0.3 is 14.5 Å². The van der Waals surface area contributed by atoms with Crippen molar-refractivity contribution >= 4 is 23.2 Å². The van der Waals surface area contributed by atoms with Crippen LogP contribution in [0.15, 0.2) is 41.8 Å². The van der Waals surface area contributed by atoms with Gasteiger partial charge >= 0.3 is 6.61 Å².